The van der Waals surface area contributed by atoms with Crippen molar-refractivity contribution < 1.29 is 0 Å². The molecule has 0 fully saturated rings. The van der Waals surface area contributed by atoms with Crippen molar-refractivity contribution in [3.8, 4) is 0 Å². The molecule has 1 heterocycles. The molecule has 2 aromatic rings. The van der Waals surface area contributed by atoms with E-state index < -0.39 is 0 Å². The highest BCUT2D eigenvalue weighted by molar-refractivity contribution is 7.99. The molecular formula is C18H18S. The molecule has 3 rings (SSSR count). The largest absolute Gasteiger partial charge is 0.0885 e. The van der Waals surface area contributed by atoms with Crippen LogP contribution in [0.4, 0.5) is 0 Å². The van der Waals surface area contributed by atoms with Gasteiger partial charge in [0, 0.05) is 9.79 Å². The summed E-state index contributed by atoms with van der Waals surface area (Å²) in [6.45, 7) is 8.86. The number of hydrogen-bond donors (Lipinski definition) is 0. The number of fused-ring (bicyclic) bond motifs is 2. The van der Waals surface area contributed by atoms with Crippen LogP contribution in [0.5, 0.6) is 0 Å². The predicted octanol–water partition coefficient (Wildman–Crippen LogP) is 5.61. The maximum absolute atomic E-state index is 2.25. The van der Waals surface area contributed by atoms with E-state index in [0.717, 1.165) is 0 Å². The van der Waals surface area contributed by atoms with Gasteiger partial charge in [-0.2, -0.15) is 0 Å². The van der Waals surface area contributed by atoms with E-state index in [0.29, 0.717) is 0 Å². The van der Waals surface area contributed by atoms with Crippen LogP contribution in [-0.2, 0) is 0 Å². The zero-order valence-electron chi connectivity index (χ0n) is 11.9. The monoisotopic (exact) mass is 266 g/mol. The molecule has 0 N–H and O–H groups in total. The molecule has 2 aromatic carbocycles. The van der Waals surface area contributed by atoms with E-state index in [1.165, 1.54) is 43.2 Å². The molecule has 1 aliphatic rings. The minimum Gasteiger partial charge on any atom is -0.0885 e. The summed E-state index contributed by atoms with van der Waals surface area (Å²) in [7, 11) is 0. The van der Waals surface area contributed by atoms with Crippen LogP contribution >= 0.6 is 11.8 Å². The molecule has 0 unspecified atom stereocenters. The lowest BCUT2D eigenvalue weighted by Gasteiger charge is -2.26. The van der Waals surface area contributed by atoms with Gasteiger partial charge in [-0.3, -0.25) is 0 Å². The Morgan fingerprint density at radius 3 is 2.32 bits per heavy atom. The zero-order valence-corrected chi connectivity index (χ0v) is 12.7. The van der Waals surface area contributed by atoms with Crippen LogP contribution in [0.15, 0.2) is 51.8 Å². The van der Waals surface area contributed by atoms with E-state index in [2.05, 4.69) is 64.1 Å². The van der Waals surface area contributed by atoms with E-state index in [1.807, 2.05) is 11.8 Å². The highest BCUT2D eigenvalue weighted by atomic mass is 32.2. The maximum Gasteiger partial charge on any atom is 0.0233 e. The Kier molecular flexibility index (Phi) is 3.02. The highest BCUT2D eigenvalue weighted by Gasteiger charge is 2.24. The van der Waals surface area contributed by atoms with Crippen molar-refractivity contribution in [2.24, 2.45) is 0 Å². The first-order valence-electron chi connectivity index (χ1n) is 6.65. The number of rotatable bonds is 0. The Balaban J connectivity index is 2.40. The van der Waals surface area contributed by atoms with E-state index in [1.54, 1.807) is 0 Å². The SMILES string of the molecule is CC(C)=C1c2ccccc2Sc2c(C)ccc(C)c21. The second kappa shape index (κ2) is 4.57. The van der Waals surface area contributed by atoms with Gasteiger partial charge in [0.15, 0.2) is 0 Å². The lowest BCUT2D eigenvalue weighted by Crippen LogP contribution is -2.04. The van der Waals surface area contributed by atoms with Crippen molar-refractivity contribution in [1.29, 1.82) is 0 Å². The van der Waals surface area contributed by atoms with Crippen molar-refractivity contribution in [2.75, 3.05) is 0 Å². The summed E-state index contributed by atoms with van der Waals surface area (Å²) in [5.41, 5.74) is 8.38. The minimum atomic E-state index is 1.37. The van der Waals surface area contributed by atoms with E-state index >= 15 is 0 Å². The van der Waals surface area contributed by atoms with Gasteiger partial charge in [0.25, 0.3) is 0 Å². The Morgan fingerprint density at radius 1 is 0.895 bits per heavy atom. The van der Waals surface area contributed by atoms with Crippen LogP contribution in [0, 0.1) is 13.8 Å². The fraction of sp³-hybridized carbons (Fsp3) is 0.222. The van der Waals surface area contributed by atoms with Gasteiger partial charge in [0.1, 0.15) is 0 Å². The average Bonchev–Trinajstić information content (AvgIpc) is 2.40. The van der Waals surface area contributed by atoms with Gasteiger partial charge in [-0.25, -0.2) is 0 Å². The first-order chi connectivity index (χ1) is 9.09. The third kappa shape index (κ3) is 1.93. The summed E-state index contributed by atoms with van der Waals surface area (Å²) in [4.78, 5) is 2.80. The minimum absolute atomic E-state index is 1.37. The fourth-order valence-electron chi connectivity index (χ4n) is 2.75. The van der Waals surface area contributed by atoms with Gasteiger partial charge < -0.3 is 0 Å². The topological polar surface area (TPSA) is 0 Å². The van der Waals surface area contributed by atoms with Crippen molar-refractivity contribution in [2.45, 2.75) is 37.5 Å². The molecule has 0 spiro atoms. The smallest absolute Gasteiger partial charge is 0.0233 e. The molecule has 1 heteroatoms. The fourth-order valence-corrected chi connectivity index (χ4v) is 3.99. The van der Waals surface area contributed by atoms with Gasteiger partial charge >= 0.3 is 0 Å². The van der Waals surface area contributed by atoms with Gasteiger partial charge in [-0.15, -0.1) is 0 Å². The molecule has 0 bridgehead atoms. The quantitative estimate of drug-likeness (QED) is 0.509. The highest BCUT2D eigenvalue weighted by Crippen LogP contribution is 2.48. The molecule has 0 atom stereocenters. The van der Waals surface area contributed by atoms with Gasteiger partial charge in [-0.1, -0.05) is 47.7 Å². The standard InChI is InChI=1S/C18H18S/c1-11(2)16-14-7-5-6-8-15(14)19-18-13(4)10-9-12(3)17(16)18/h5-10H,1-4H3. The van der Waals surface area contributed by atoms with Crippen LogP contribution in [0.3, 0.4) is 0 Å². The summed E-state index contributed by atoms with van der Waals surface area (Å²) < 4.78 is 0. The Bertz CT molecular complexity index is 689. The van der Waals surface area contributed by atoms with Crippen LogP contribution in [0.2, 0.25) is 0 Å². The lowest BCUT2D eigenvalue weighted by molar-refractivity contribution is 1.17. The maximum atomic E-state index is 2.25. The second-order valence-corrected chi connectivity index (χ2v) is 6.43. The van der Waals surface area contributed by atoms with Gasteiger partial charge in [0.2, 0.25) is 0 Å². The molecule has 0 aromatic heterocycles. The molecule has 0 saturated carbocycles. The molecule has 0 radical (unpaired) electrons. The Morgan fingerprint density at radius 2 is 1.58 bits per heavy atom. The van der Waals surface area contributed by atoms with E-state index in [9.17, 15) is 0 Å². The van der Waals surface area contributed by atoms with E-state index in [4.69, 9.17) is 0 Å². The summed E-state index contributed by atoms with van der Waals surface area (Å²) in [5.74, 6) is 0. The third-order valence-electron chi connectivity index (χ3n) is 3.68. The first-order valence-corrected chi connectivity index (χ1v) is 7.46. The van der Waals surface area contributed by atoms with Crippen LogP contribution in [0.1, 0.15) is 36.1 Å². The van der Waals surface area contributed by atoms with Crippen molar-refractivity contribution in [3.63, 3.8) is 0 Å². The van der Waals surface area contributed by atoms with Crippen LogP contribution < -0.4 is 0 Å². The Hall–Kier alpha value is -1.47. The second-order valence-electron chi connectivity index (χ2n) is 5.38. The molecular weight excluding hydrogens is 248 g/mol. The number of aryl methyl sites for hydroxylation is 2. The molecule has 0 amide bonds. The summed E-state index contributed by atoms with van der Waals surface area (Å²) in [6.07, 6.45) is 0. The average molecular weight is 266 g/mol. The third-order valence-corrected chi connectivity index (χ3v) is 4.99. The van der Waals surface area contributed by atoms with Crippen LogP contribution in [-0.4, -0.2) is 0 Å². The zero-order chi connectivity index (χ0) is 13.6. The predicted molar refractivity (Wildman–Crippen MR) is 83.9 cm³/mol. The normalized spacial score (nSPS) is 12.9. The van der Waals surface area contributed by atoms with Crippen molar-refractivity contribution in [3.05, 3.63) is 64.2 Å². The molecule has 0 aliphatic carbocycles. The Labute approximate surface area is 119 Å². The van der Waals surface area contributed by atoms with Crippen molar-refractivity contribution >= 4 is 17.3 Å². The lowest BCUT2D eigenvalue weighted by atomic mass is 9.89. The summed E-state index contributed by atoms with van der Waals surface area (Å²) in [6, 6.07) is 13.2. The summed E-state index contributed by atoms with van der Waals surface area (Å²) >= 11 is 1.91. The van der Waals surface area contributed by atoms with Crippen LogP contribution in [0.25, 0.3) is 5.57 Å². The summed E-state index contributed by atoms with van der Waals surface area (Å²) in [5, 5.41) is 0. The van der Waals surface area contributed by atoms with Gasteiger partial charge in [0.05, 0.1) is 0 Å². The van der Waals surface area contributed by atoms with Gasteiger partial charge in [-0.05, 0) is 61.6 Å². The number of allylic oxidation sites excluding steroid dienone is 1. The first kappa shape index (κ1) is 12.6. The number of benzene rings is 2. The molecule has 19 heavy (non-hydrogen) atoms. The molecule has 0 nitrogen and oxygen atoms in total. The van der Waals surface area contributed by atoms with Crippen molar-refractivity contribution in [1.82, 2.24) is 0 Å². The molecule has 1 aliphatic heterocycles. The molecule has 96 valence electrons. The molecule has 0 saturated heterocycles. The number of hydrogen-bond acceptors (Lipinski definition) is 1. The van der Waals surface area contributed by atoms with E-state index in [-0.39, 0.29) is 0 Å².